The fourth-order valence-corrected chi connectivity index (χ4v) is 1.23. The van der Waals surface area contributed by atoms with E-state index in [0.29, 0.717) is 12.4 Å². The molecule has 1 aromatic rings. The Kier molecular flexibility index (Phi) is 4.61. The van der Waals surface area contributed by atoms with E-state index in [0.717, 1.165) is 0 Å². The highest BCUT2D eigenvalue weighted by molar-refractivity contribution is 6.54. The first-order valence-corrected chi connectivity index (χ1v) is 4.87. The summed E-state index contributed by atoms with van der Waals surface area (Å²) in [5, 5.41) is 0. The van der Waals surface area contributed by atoms with Crippen LogP contribution in [0.3, 0.4) is 0 Å². The van der Waals surface area contributed by atoms with Gasteiger partial charge in [-0.3, -0.25) is 0 Å². The van der Waals surface area contributed by atoms with E-state index in [9.17, 15) is 0 Å². The topological polar surface area (TPSA) is 36.9 Å². The molecule has 5 heteroatoms. The Hall–Kier alpha value is -1.04. The summed E-state index contributed by atoms with van der Waals surface area (Å²) in [6, 6.07) is 9.27. The zero-order valence-corrected chi connectivity index (χ0v) is 9.30. The average Bonchev–Trinajstić information content (AvgIpc) is 2.30. The van der Waals surface area contributed by atoms with Crippen LogP contribution < -0.4 is 4.65 Å². The maximum atomic E-state index is 5.54. The van der Waals surface area contributed by atoms with Crippen molar-refractivity contribution in [3.63, 3.8) is 0 Å². The van der Waals surface area contributed by atoms with Crippen molar-refractivity contribution in [2.75, 3.05) is 20.8 Å². The van der Waals surface area contributed by atoms with Crippen molar-refractivity contribution < 1.29 is 18.6 Å². The summed E-state index contributed by atoms with van der Waals surface area (Å²) in [6.07, 6.45) is 0. The summed E-state index contributed by atoms with van der Waals surface area (Å²) in [5.41, 5.74) is 0. The molecule has 1 rings (SSSR count). The molecule has 0 aromatic heterocycles. The molecule has 0 saturated carbocycles. The van der Waals surface area contributed by atoms with Gasteiger partial charge < -0.3 is 18.6 Å². The maximum absolute atomic E-state index is 5.54. The van der Waals surface area contributed by atoms with Gasteiger partial charge in [-0.25, -0.2) is 0 Å². The Labute approximate surface area is 90.1 Å². The summed E-state index contributed by atoms with van der Waals surface area (Å²) < 4.78 is 21.1. The molecule has 0 radical (unpaired) electrons. The standard InChI is InChI=1S/C10H16BO4/c1-4-14-11(12-2,13-3)15-10-8-6-5-7-9-10/h5-9H,4H2,1-3H3/q-1. The lowest BCUT2D eigenvalue weighted by molar-refractivity contribution is 0.0360. The molecule has 0 N–H and O–H groups in total. The zero-order valence-electron chi connectivity index (χ0n) is 9.30. The van der Waals surface area contributed by atoms with Crippen LogP contribution >= 0.6 is 0 Å². The van der Waals surface area contributed by atoms with Gasteiger partial charge in [0.15, 0.2) is 0 Å². The Bertz CT molecular complexity index is 274. The third-order valence-corrected chi connectivity index (χ3v) is 1.97. The lowest BCUT2D eigenvalue weighted by atomic mass is 10.1. The smallest absolute Gasteiger partial charge is 0.591 e. The van der Waals surface area contributed by atoms with Gasteiger partial charge in [-0.1, -0.05) is 18.2 Å². The zero-order chi connectivity index (χ0) is 11.1. The first-order valence-electron chi connectivity index (χ1n) is 4.87. The summed E-state index contributed by atoms with van der Waals surface area (Å²) in [4.78, 5) is 0. The predicted octanol–water partition coefficient (Wildman–Crippen LogP) is 1.83. The van der Waals surface area contributed by atoms with Gasteiger partial charge in [0.05, 0.1) is 5.75 Å². The van der Waals surface area contributed by atoms with Gasteiger partial charge in [-0.2, -0.15) is 0 Å². The Balaban J connectivity index is 2.74. The number of hydrogen-bond acceptors (Lipinski definition) is 4. The molecule has 1 aromatic carbocycles. The van der Waals surface area contributed by atoms with Crippen molar-refractivity contribution in [3.05, 3.63) is 30.3 Å². The molecular formula is C10H16BO4-. The van der Waals surface area contributed by atoms with E-state index in [2.05, 4.69) is 0 Å². The van der Waals surface area contributed by atoms with Crippen molar-refractivity contribution in [3.8, 4) is 5.75 Å². The minimum atomic E-state index is -2.15. The van der Waals surface area contributed by atoms with E-state index in [4.69, 9.17) is 18.6 Å². The predicted molar refractivity (Wildman–Crippen MR) is 58.5 cm³/mol. The van der Waals surface area contributed by atoms with E-state index < -0.39 is 6.96 Å². The lowest BCUT2D eigenvalue weighted by Crippen LogP contribution is -2.50. The highest BCUT2D eigenvalue weighted by Crippen LogP contribution is 2.17. The lowest BCUT2D eigenvalue weighted by Gasteiger charge is -2.38. The minimum Gasteiger partial charge on any atom is -0.645 e. The van der Waals surface area contributed by atoms with Crippen LogP contribution in [0.5, 0.6) is 5.75 Å². The van der Waals surface area contributed by atoms with Crippen LogP contribution in [0.2, 0.25) is 0 Å². The van der Waals surface area contributed by atoms with Gasteiger partial charge in [0.1, 0.15) is 0 Å². The van der Waals surface area contributed by atoms with Gasteiger partial charge in [0.2, 0.25) is 0 Å². The first-order chi connectivity index (χ1) is 7.26. The maximum Gasteiger partial charge on any atom is 0.591 e. The Morgan fingerprint density at radius 2 is 1.67 bits per heavy atom. The molecule has 15 heavy (non-hydrogen) atoms. The second-order valence-electron chi connectivity index (χ2n) is 2.94. The van der Waals surface area contributed by atoms with Crippen molar-refractivity contribution in [1.82, 2.24) is 0 Å². The number of hydrogen-bond donors (Lipinski definition) is 0. The summed E-state index contributed by atoms with van der Waals surface area (Å²) >= 11 is 0. The highest BCUT2D eigenvalue weighted by atomic mass is 16.9. The summed E-state index contributed by atoms with van der Waals surface area (Å²) in [7, 11) is 2.98. The van der Waals surface area contributed by atoms with Crippen LogP contribution in [0.25, 0.3) is 0 Å². The van der Waals surface area contributed by atoms with Crippen LogP contribution in [0.1, 0.15) is 6.92 Å². The molecule has 0 spiro atoms. The summed E-state index contributed by atoms with van der Waals surface area (Å²) in [5.74, 6) is 0.648. The van der Waals surface area contributed by atoms with Crippen LogP contribution in [0, 0.1) is 0 Å². The number of rotatable bonds is 6. The quantitative estimate of drug-likeness (QED) is 0.672. The SMILES string of the molecule is CCO[B-](OC)(OC)Oc1ccccc1. The van der Waals surface area contributed by atoms with Gasteiger partial charge in [0.25, 0.3) is 0 Å². The number of para-hydroxylation sites is 1. The molecule has 0 heterocycles. The summed E-state index contributed by atoms with van der Waals surface area (Å²) in [6.45, 7) is 0.156. The molecule has 0 aliphatic carbocycles. The third kappa shape index (κ3) is 3.23. The molecule has 0 unspecified atom stereocenters. The van der Waals surface area contributed by atoms with Crippen LogP contribution in [-0.2, 0) is 14.0 Å². The fourth-order valence-electron chi connectivity index (χ4n) is 1.23. The highest BCUT2D eigenvalue weighted by Gasteiger charge is 2.31. The molecule has 0 bridgehead atoms. The largest absolute Gasteiger partial charge is 0.645 e. The normalized spacial score (nSPS) is 11.4. The van der Waals surface area contributed by atoms with Crippen molar-refractivity contribution in [2.24, 2.45) is 0 Å². The first kappa shape index (κ1) is 12.0. The van der Waals surface area contributed by atoms with Crippen LogP contribution in [-0.4, -0.2) is 27.8 Å². The van der Waals surface area contributed by atoms with E-state index in [1.54, 1.807) is 0 Å². The number of benzene rings is 1. The van der Waals surface area contributed by atoms with Crippen molar-refractivity contribution in [2.45, 2.75) is 6.92 Å². The fraction of sp³-hybridized carbons (Fsp3) is 0.400. The molecular weight excluding hydrogens is 195 g/mol. The second kappa shape index (κ2) is 5.75. The van der Waals surface area contributed by atoms with E-state index in [-0.39, 0.29) is 0 Å². The molecule has 0 aliphatic heterocycles. The molecule has 0 fully saturated rings. The Morgan fingerprint density at radius 3 is 2.13 bits per heavy atom. The minimum absolute atomic E-state index is 0.453. The third-order valence-electron chi connectivity index (χ3n) is 1.97. The average molecular weight is 211 g/mol. The monoisotopic (exact) mass is 211 g/mol. The second-order valence-corrected chi connectivity index (χ2v) is 2.94. The molecule has 0 amide bonds. The molecule has 84 valence electrons. The Morgan fingerprint density at radius 1 is 1.07 bits per heavy atom. The van der Waals surface area contributed by atoms with E-state index >= 15 is 0 Å². The van der Waals surface area contributed by atoms with Gasteiger partial charge in [0, 0.05) is 6.61 Å². The molecule has 0 saturated heterocycles. The van der Waals surface area contributed by atoms with Gasteiger partial charge in [-0.15, -0.1) is 0 Å². The van der Waals surface area contributed by atoms with Gasteiger partial charge in [-0.05, 0) is 33.3 Å². The van der Waals surface area contributed by atoms with Crippen molar-refractivity contribution >= 4 is 6.96 Å². The van der Waals surface area contributed by atoms with Crippen molar-refractivity contribution in [1.29, 1.82) is 0 Å². The van der Waals surface area contributed by atoms with E-state index in [1.807, 2.05) is 37.3 Å². The van der Waals surface area contributed by atoms with Crippen LogP contribution in [0.15, 0.2) is 30.3 Å². The molecule has 0 atom stereocenters. The molecule has 0 aliphatic rings. The molecule has 4 nitrogen and oxygen atoms in total. The van der Waals surface area contributed by atoms with E-state index in [1.165, 1.54) is 14.2 Å². The van der Waals surface area contributed by atoms with Gasteiger partial charge >= 0.3 is 6.96 Å². The van der Waals surface area contributed by atoms with Crippen LogP contribution in [0.4, 0.5) is 0 Å².